The van der Waals surface area contributed by atoms with Gasteiger partial charge in [0, 0.05) is 6.42 Å². The highest BCUT2D eigenvalue weighted by molar-refractivity contribution is 5.84. The topological polar surface area (TPSA) is 55.8 Å². The van der Waals surface area contributed by atoms with Gasteiger partial charge < -0.3 is 14.6 Å². The quantitative estimate of drug-likeness (QED) is 0.698. The molecule has 25 heavy (non-hydrogen) atoms. The number of carbonyl (C=O) groups is 1. The number of aliphatic carboxylic acids is 1. The van der Waals surface area contributed by atoms with Crippen molar-refractivity contribution in [1.29, 1.82) is 0 Å². The Hall–Kier alpha value is -3.01. The van der Waals surface area contributed by atoms with Crippen molar-refractivity contribution >= 4 is 16.7 Å². The molecule has 3 aromatic carbocycles. The van der Waals surface area contributed by atoms with Gasteiger partial charge in [0.25, 0.3) is 0 Å². The van der Waals surface area contributed by atoms with E-state index < -0.39 is 12.1 Å². The van der Waals surface area contributed by atoms with Crippen LogP contribution in [0.5, 0.6) is 11.5 Å². The number of fused-ring (bicyclic) bond motifs is 1. The molecule has 0 heterocycles. The van der Waals surface area contributed by atoms with Gasteiger partial charge in [0.05, 0.1) is 6.61 Å². The number of hydrogen-bond acceptors (Lipinski definition) is 3. The maximum atomic E-state index is 11.6. The zero-order valence-electron chi connectivity index (χ0n) is 14.0. The first-order valence-corrected chi connectivity index (χ1v) is 8.25. The summed E-state index contributed by atoms with van der Waals surface area (Å²) in [6.45, 7) is 2.52. The Morgan fingerprint density at radius 1 is 0.960 bits per heavy atom. The molecule has 1 N–H and O–H groups in total. The normalized spacial score (nSPS) is 11.9. The summed E-state index contributed by atoms with van der Waals surface area (Å²) in [5.41, 5.74) is 0.886. The van der Waals surface area contributed by atoms with Gasteiger partial charge in [-0.25, -0.2) is 4.79 Å². The summed E-state index contributed by atoms with van der Waals surface area (Å²) < 4.78 is 11.1. The van der Waals surface area contributed by atoms with Gasteiger partial charge in [-0.05, 0) is 47.5 Å². The Morgan fingerprint density at radius 2 is 1.64 bits per heavy atom. The van der Waals surface area contributed by atoms with Crippen LogP contribution in [0.1, 0.15) is 12.5 Å². The molecule has 0 radical (unpaired) electrons. The minimum atomic E-state index is -0.984. The summed E-state index contributed by atoms with van der Waals surface area (Å²) in [4.78, 5) is 11.6. The Labute approximate surface area is 146 Å². The Morgan fingerprint density at radius 3 is 2.32 bits per heavy atom. The molecule has 0 aliphatic rings. The van der Waals surface area contributed by atoms with Crippen molar-refractivity contribution in [2.45, 2.75) is 19.4 Å². The molecule has 128 valence electrons. The van der Waals surface area contributed by atoms with Crippen LogP contribution in [-0.2, 0) is 11.2 Å². The molecule has 0 spiro atoms. The van der Waals surface area contributed by atoms with Gasteiger partial charge in [-0.1, -0.05) is 42.5 Å². The average molecular weight is 336 g/mol. The summed E-state index contributed by atoms with van der Waals surface area (Å²) >= 11 is 0. The third kappa shape index (κ3) is 4.29. The maximum Gasteiger partial charge on any atom is 0.345 e. The number of carboxylic acid groups (broad SMARTS) is 1. The van der Waals surface area contributed by atoms with Crippen molar-refractivity contribution in [1.82, 2.24) is 0 Å². The van der Waals surface area contributed by atoms with Crippen LogP contribution in [0.25, 0.3) is 10.8 Å². The van der Waals surface area contributed by atoms with Gasteiger partial charge in [0.2, 0.25) is 0 Å². The molecule has 0 fully saturated rings. The first-order valence-electron chi connectivity index (χ1n) is 8.25. The van der Waals surface area contributed by atoms with Crippen LogP contribution < -0.4 is 9.47 Å². The van der Waals surface area contributed by atoms with Crippen molar-refractivity contribution in [2.24, 2.45) is 0 Å². The molecular weight excluding hydrogens is 316 g/mol. The monoisotopic (exact) mass is 336 g/mol. The second-order valence-corrected chi connectivity index (χ2v) is 5.73. The van der Waals surface area contributed by atoms with Crippen LogP contribution in [0.3, 0.4) is 0 Å². The summed E-state index contributed by atoms with van der Waals surface area (Å²) in [5.74, 6) is 0.340. The van der Waals surface area contributed by atoms with Crippen LogP contribution in [0.4, 0.5) is 0 Å². The fourth-order valence-electron chi connectivity index (χ4n) is 2.69. The molecule has 4 heteroatoms. The van der Waals surface area contributed by atoms with E-state index in [0.29, 0.717) is 12.4 Å². The van der Waals surface area contributed by atoms with E-state index in [-0.39, 0.29) is 6.42 Å². The number of hydrogen-bond donors (Lipinski definition) is 1. The Bertz CT molecular complexity index is 855. The van der Waals surface area contributed by atoms with E-state index in [9.17, 15) is 9.90 Å². The van der Waals surface area contributed by atoms with Gasteiger partial charge in [-0.3, -0.25) is 0 Å². The van der Waals surface area contributed by atoms with Crippen molar-refractivity contribution in [3.8, 4) is 11.5 Å². The molecule has 4 nitrogen and oxygen atoms in total. The Balaban J connectivity index is 1.74. The van der Waals surface area contributed by atoms with E-state index in [2.05, 4.69) is 0 Å². The van der Waals surface area contributed by atoms with Gasteiger partial charge in [-0.15, -0.1) is 0 Å². The summed E-state index contributed by atoms with van der Waals surface area (Å²) in [6.07, 6.45) is -0.659. The fourth-order valence-corrected chi connectivity index (χ4v) is 2.69. The zero-order valence-corrected chi connectivity index (χ0v) is 14.0. The molecule has 0 bridgehead atoms. The van der Waals surface area contributed by atoms with Gasteiger partial charge in [-0.2, -0.15) is 0 Å². The number of ether oxygens (including phenoxy) is 2. The van der Waals surface area contributed by atoms with E-state index in [1.54, 1.807) is 6.07 Å². The van der Waals surface area contributed by atoms with Crippen LogP contribution in [0, 0.1) is 0 Å². The molecule has 3 rings (SSSR count). The smallest absolute Gasteiger partial charge is 0.345 e. The SMILES string of the molecule is CCOc1ccc(CC(Oc2ccc3ccccc3c2)C(=O)O)cc1. The highest BCUT2D eigenvalue weighted by atomic mass is 16.5. The minimum absolute atomic E-state index is 0.286. The predicted molar refractivity (Wildman–Crippen MR) is 97.3 cm³/mol. The minimum Gasteiger partial charge on any atom is -0.494 e. The lowest BCUT2D eigenvalue weighted by molar-refractivity contribution is -0.145. The molecule has 3 aromatic rings. The predicted octanol–water partition coefficient (Wildman–Crippen LogP) is 4.31. The summed E-state index contributed by atoms with van der Waals surface area (Å²) in [7, 11) is 0. The molecule has 1 unspecified atom stereocenters. The van der Waals surface area contributed by atoms with Gasteiger partial charge in [0.15, 0.2) is 6.10 Å². The average Bonchev–Trinajstić information content (AvgIpc) is 2.63. The van der Waals surface area contributed by atoms with Crippen LogP contribution in [0.2, 0.25) is 0 Å². The largest absolute Gasteiger partial charge is 0.494 e. The third-order valence-corrected chi connectivity index (χ3v) is 3.93. The lowest BCUT2D eigenvalue weighted by Gasteiger charge is -2.16. The third-order valence-electron chi connectivity index (χ3n) is 3.93. The van der Waals surface area contributed by atoms with Gasteiger partial charge >= 0.3 is 5.97 Å². The lowest BCUT2D eigenvalue weighted by Crippen LogP contribution is -2.29. The van der Waals surface area contributed by atoms with Crippen molar-refractivity contribution in [3.63, 3.8) is 0 Å². The molecule has 0 aromatic heterocycles. The van der Waals surface area contributed by atoms with Crippen LogP contribution in [-0.4, -0.2) is 23.8 Å². The lowest BCUT2D eigenvalue weighted by atomic mass is 10.1. The molecule has 0 saturated carbocycles. The highest BCUT2D eigenvalue weighted by Crippen LogP contribution is 2.22. The van der Waals surface area contributed by atoms with Crippen molar-refractivity contribution in [3.05, 3.63) is 72.3 Å². The van der Waals surface area contributed by atoms with Gasteiger partial charge in [0.1, 0.15) is 11.5 Å². The molecule has 0 amide bonds. The van der Waals surface area contributed by atoms with E-state index in [1.807, 2.05) is 67.6 Å². The fraction of sp³-hybridized carbons (Fsp3) is 0.190. The van der Waals surface area contributed by atoms with Crippen LogP contribution in [0.15, 0.2) is 66.7 Å². The molecule has 1 atom stereocenters. The molecule has 0 aliphatic carbocycles. The maximum absolute atomic E-state index is 11.6. The number of rotatable bonds is 7. The Kier molecular flexibility index (Phi) is 5.19. The highest BCUT2D eigenvalue weighted by Gasteiger charge is 2.20. The first kappa shape index (κ1) is 16.8. The summed E-state index contributed by atoms with van der Waals surface area (Å²) in [6, 6.07) is 20.9. The van der Waals surface area contributed by atoms with E-state index in [0.717, 1.165) is 22.1 Å². The van der Waals surface area contributed by atoms with Crippen molar-refractivity contribution in [2.75, 3.05) is 6.61 Å². The van der Waals surface area contributed by atoms with Crippen molar-refractivity contribution < 1.29 is 19.4 Å². The van der Waals surface area contributed by atoms with E-state index >= 15 is 0 Å². The number of carboxylic acids is 1. The van der Waals surface area contributed by atoms with E-state index in [4.69, 9.17) is 9.47 Å². The first-order chi connectivity index (χ1) is 12.2. The second kappa shape index (κ2) is 7.71. The standard InChI is InChI=1S/C21H20O4/c1-2-24-18-10-7-15(8-11-18)13-20(21(22)23)25-19-12-9-16-5-3-4-6-17(16)14-19/h3-12,14,20H,2,13H2,1H3,(H,22,23). The molecule has 0 aliphatic heterocycles. The zero-order chi connectivity index (χ0) is 17.6. The molecular formula is C21H20O4. The second-order valence-electron chi connectivity index (χ2n) is 5.73. The number of benzene rings is 3. The van der Waals surface area contributed by atoms with Crippen LogP contribution >= 0.6 is 0 Å². The summed E-state index contributed by atoms with van der Waals surface area (Å²) in [5, 5.41) is 11.6. The molecule has 0 saturated heterocycles. The van der Waals surface area contributed by atoms with E-state index in [1.165, 1.54) is 0 Å².